The summed E-state index contributed by atoms with van der Waals surface area (Å²) in [4.78, 5) is 26.3. The molecule has 0 bridgehead atoms. The van der Waals surface area contributed by atoms with Crippen molar-refractivity contribution in [2.75, 3.05) is 20.2 Å². The second kappa shape index (κ2) is 7.94. The molecule has 3 aromatic rings. The molecule has 2 aliphatic rings. The zero-order valence-electron chi connectivity index (χ0n) is 16.8. The fourth-order valence-corrected chi connectivity index (χ4v) is 3.63. The van der Waals surface area contributed by atoms with E-state index in [1.54, 1.807) is 11.9 Å². The SMILES string of the molecule is CN(CCc1noc(-c2nn(CC3CC3)c3c2COCC3)n1)C(=O)c1cncnc1. The first kappa shape index (κ1) is 18.9. The summed E-state index contributed by atoms with van der Waals surface area (Å²) in [5.74, 6) is 1.53. The van der Waals surface area contributed by atoms with Gasteiger partial charge in [0.1, 0.15) is 6.33 Å². The van der Waals surface area contributed by atoms with E-state index in [2.05, 4.69) is 24.8 Å². The molecule has 1 saturated carbocycles. The van der Waals surface area contributed by atoms with Gasteiger partial charge in [0.25, 0.3) is 11.8 Å². The van der Waals surface area contributed by atoms with E-state index in [0.29, 0.717) is 43.5 Å². The predicted molar refractivity (Wildman–Crippen MR) is 104 cm³/mol. The van der Waals surface area contributed by atoms with Crippen molar-refractivity contribution >= 4 is 5.91 Å². The summed E-state index contributed by atoms with van der Waals surface area (Å²) in [6, 6.07) is 0. The predicted octanol–water partition coefficient (Wildman–Crippen LogP) is 1.52. The molecule has 4 heterocycles. The molecule has 0 aromatic carbocycles. The van der Waals surface area contributed by atoms with E-state index in [1.807, 2.05) is 0 Å². The van der Waals surface area contributed by atoms with E-state index >= 15 is 0 Å². The Morgan fingerprint density at radius 2 is 2.13 bits per heavy atom. The minimum Gasteiger partial charge on any atom is -0.376 e. The van der Waals surface area contributed by atoms with Crippen molar-refractivity contribution in [1.29, 1.82) is 0 Å². The number of likely N-dealkylation sites (N-methyl/N-ethyl adjacent to an activating group) is 1. The fourth-order valence-electron chi connectivity index (χ4n) is 3.63. The van der Waals surface area contributed by atoms with Gasteiger partial charge in [-0.05, 0) is 18.8 Å². The number of carbonyl (C=O) groups is 1. The zero-order chi connectivity index (χ0) is 20.5. The lowest BCUT2D eigenvalue weighted by molar-refractivity contribution is 0.0795. The molecule has 10 nitrogen and oxygen atoms in total. The van der Waals surface area contributed by atoms with Gasteiger partial charge in [0, 0.05) is 56.6 Å². The molecular weight excluding hydrogens is 386 g/mol. The highest BCUT2D eigenvalue weighted by atomic mass is 16.5. The summed E-state index contributed by atoms with van der Waals surface area (Å²) in [6.07, 6.45) is 8.27. The van der Waals surface area contributed by atoms with Gasteiger partial charge in [-0.3, -0.25) is 9.48 Å². The molecule has 0 unspecified atom stereocenters. The average molecular weight is 409 g/mol. The average Bonchev–Trinajstić information content (AvgIpc) is 3.36. The molecule has 1 fully saturated rings. The molecule has 156 valence electrons. The monoisotopic (exact) mass is 409 g/mol. The lowest BCUT2D eigenvalue weighted by Crippen LogP contribution is -2.29. The number of nitrogens with zero attached hydrogens (tertiary/aromatic N) is 7. The minimum absolute atomic E-state index is 0.149. The van der Waals surface area contributed by atoms with Crippen molar-refractivity contribution in [2.24, 2.45) is 5.92 Å². The number of hydrogen-bond acceptors (Lipinski definition) is 8. The van der Waals surface area contributed by atoms with Gasteiger partial charge in [-0.1, -0.05) is 5.16 Å². The van der Waals surface area contributed by atoms with Crippen LogP contribution in [0, 0.1) is 5.92 Å². The van der Waals surface area contributed by atoms with Crippen molar-refractivity contribution in [1.82, 2.24) is 34.8 Å². The second-order valence-electron chi connectivity index (χ2n) is 7.82. The number of rotatable bonds is 7. The van der Waals surface area contributed by atoms with Crippen LogP contribution in [0.5, 0.6) is 0 Å². The molecule has 1 amide bonds. The van der Waals surface area contributed by atoms with Crippen LogP contribution in [0.15, 0.2) is 23.2 Å². The Kier molecular flexibility index (Phi) is 4.99. The van der Waals surface area contributed by atoms with Crippen LogP contribution in [0.1, 0.15) is 40.3 Å². The molecule has 30 heavy (non-hydrogen) atoms. The highest BCUT2D eigenvalue weighted by molar-refractivity contribution is 5.93. The molecule has 5 rings (SSSR count). The maximum Gasteiger partial charge on any atom is 0.278 e. The first-order chi connectivity index (χ1) is 14.7. The molecule has 0 atom stereocenters. The number of fused-ring (bicyclic) bond motifs is 1. The number of amides is 1. The van der Waals surface area contributed by atoms with Crippen LogP contribution in [0.2, 0.25) is 0 Å². The Hall–Kier alpha value is -3.14. The van der Waals surface area contributed by atoms with Crippen LogP contribution in [0.25, 0.3) is 11.6 Å². The van der Waals surface area contributed by atoms with Crippen molar-refractivity contribution < 1.29 is 14.1 Å². The quantitative estimate of drug-likeness (QED) is 0.577. The van der Waals surface area contributed by atoms with Crippen LogP contribution in [-0.2, 0) is 30.7 Å². The Morgan fingerprint density at radius 1 is 1.30 bits per heavy atom. The van der Waals surface area contributed by atoms with E-state index in [-0.39, 0.29) is 5.91 Å². The summed E-state index contributed by atoms with van der Waals surface area (Å²) >= 11 is 0. The summed E-state index contributed by atoms with van der Waals surface area (Å²) in [5, 5.41) is 8.87. The maximum absolute atomic E-state index is 12.4. The topological polar surface area (TPSA) is 112 Å². The van der Waals surface area contributed by atoms with Gasteiger partial charge < -0.3 is 14.2 Å². The highest BCUT2D eigenvalue weighted by Crippen LogP contribution is 2.34. The molecule has 1 aliphatic heterocycles. The van der Waals surface area contributed by atoms with E-state index in [1.165, 1.54) is 37.3 Å². The van der Waals surface area contributed by atoms with Gasteiger partial charge in [0.05, 0.1) is 18.8 Å². The third-order valence-corrected chi connectivity index (χ3v) is 5.52. The molecular formula is C20H23N7O3. The normalized spacial score (nSPS) is 15.8. The van der Waals surface area contributed by atoms with Crippen LogP contribution >= 0.6 is 0 Å². The molecule has 10 heteroatoms. The van der Waals surface area contributed by atoms with E-state index in [0.717, 1.165) is 30.1 Å². The molecule has 0 spiro atoms. The summed E-state index contributed by atoms with van der Waals surface area (Å²) in [5.41, 5.74) is 3.43. The lowest BCUT2D eigenvalue weighted by Gasteiger charge is -2.15. The van der Waals surface area contributed by atoms with Gasteiger partial charge in [0.2, 0.25) is 0 Å². The van der Waals surface area contributed by atoms with Crippen LogP contribution in [-0.4, -0.2) is 60.9 Å². The Bertz CT molecular complexity index is 1040. The largest absolute Gasteiger partial charge is 0.376 e. The highest BCUT2D eigenvalue weighted by Gasteiger charge is 2.29. The minimum atomic E-state index is -0.149. The third-order valence-electron chi connectivity index (χ3n) is 5.52. The van der Waals surface area contributed by atoms with Gasteiger partial charge in [-0.15, -0.1) is 0 Å². The van der Waals surface area contributed by atoms with Crippen molar-refractivity contribution in [3.8, 4) is 11.6 Å². The molecule has 0 radical (unpaired) electrons. The first-order valence-electron chi connectivity index (χ1n) is 10.2. The summed E-state index contributed by atoms with van der Waals surface area (Å²) in [6.45, 7) is 2.62. The summed E-state index contributed by atoms with van der Waals surface area (Å²) in [7, 11) is 1.73. The number of aromatic nitrogens is 6. The lowest BCUT2D eigenvalue weighted by atomic mass is 10.1. The maximum atomic E-state index is 12.4. The van der Waals surface area contributed by atoms with Crippen LogP contribution < -0.4 is 0 Å². The standard InChI is InChI=1S/C20H23N7O3/c1-26(20(28)14-8-21-12-22-9-14)6-4-17-23-19(30-25-17)18-15-11-29-7-5-16(15)27(24-18)10-13-2-3-13/h8-9,12-13H,2-7,10-11H2,1H3. The summed E-state index contributed by atoms with van der Waals surface area (Å²) < 4.78 is 13.3. The van der Waals surface area contributed by atoms with E-state index in [9.17, 15) is 4.79 Å². The van der Waals surface area contributed by atoms with E-state index < -0.39 is 0 Å². The second-order valence-corrected chi connectivity index (χ2v) is 7.82. The van der Waals surface area contributed by atoms with Crippen molar-refractivity contribution in [2.45, 2.75) is 38.8 Å². The molecule has 0 saturated heterocycles. The van der Waals surface area contributed by atoms with Crippen LogP contribution in [0.3, 0.4) is 0 Å². The van der Waals surface area contributed by atoms with Crippen LogP contribution in [0.4, 0.5) is 0 Å². The number of ether oxygens (including phenoxy) is 1. The Labute approximate surface area is 173 Å². The van der Waals surface area contributed by atoms with Gasteiger partial charge >= 0.3 is 0 Å². The van der Waals surface area contributed by atoms with Crippen molar-refractivity contribution in [3.05, 3.63) is 41.4 Å². The van der Waals surface area contributed by atoms with Crippen molar-refractivity contribution in [3.63, 3.8) is 0 Å². The van der Waals surface area contributed by atoms with Gasteiger partial charge in [0.15, 0.2) is 11.5 Å². The number of hydrogen-bond donors (Lipinski definition) is 0. The first-order valence-corrected chi connectivity index (χ1v) is 10.2. The van der Waals surface area contributed by atoms with E-state index in [4.69, 9.17) is 14.4 Å². The number of carbonyl (C=O) groups excluding carboxylic acids is 1. The van der Waals surface area contributed by atoms with Gasteiger partial charge in [-0.2, -0.15) is 10.1 Å². The third kappa shape index (κ3) is 3.82. The molecule has 0 N–H and O–H groups in total. The Balaban J connectivity index is 1.29. The molecule has 3 aromatic heterocycles. The fraction of sp³-hybridized carbons (Fsp3) is 0.500. The van der Waals surface area contributed by atoms with Gasteiger partial charge in [-0.25, -0.2) is 9.97 Å². The zero-order valence-corrected chi connectivity index (χ0v) is 16.8. The Morgan fingerprint density at radius 3 is 2.93 bits per heavy atom. The molecule has 1 aliphatic carbocycles. The smallest absolute Gasteiger partial charge is 0.278 e.